The summed E-state index contributed by atoms with van der Waals surface area (Å²) in [7, 11) is 0. The molecule has 7 heteroatoms. The number of fused-ring (bicyclic) bond motifs is 1. The van der Waals surface area contributed by atoms with Crippen LogP contribution in [0.25, 0.3) is 16.6 Å². The lowest BCUT2D eigenvalue weighted by atomic mass is 10.1. The van der Waals surface area contributed by atoms with Crippen molar-refractivity contribution in [2.24, 2.45) is 0 Å². The van der Waals surface area contributed by atoms with Crippen molar-refractivity contribution in [2.45, 2.75) is 39.2 Å². The number of para-hydroxylation sites is 1. The number of unbranched alkanes of at least 4 members (excludes halogenated alkanes) is 1. The van der Waals surface area contributed by atoms with E-state index in [1.165, 1.54) is 47.0 Å². The van der Waals surface area contributed by atoms with Gasteiger partial charge in [-0.3, -0.25) is 14.2 Å². The summed E-state index contributed by atoms with van der Waals surface area (Å²) in [6.07, 6.45) is 1.97. The Labute approximate surface area is 202 Å². The lowest BCUT2D eigenvalue weighted by Crippen LogP contribution is -2.39. The molecule has 1 heterocycles. The Kier molecular flexibility index (Phi) is 7.34. The van der Waals surface area contributed by atoms with Gasteiger partial charge in [0.25, 0.3) is 11.5 Å². The number of carbonyl (C=O) groups excluding carboxylic acids is 1. The largest absolute Gasteiger partial charge is 0.328 e. The van der Waals surface area contributed by atoms with Crippen LogP contribution in [0.4, 0.5) is 8.78 Å². The monoisotopic (exact) mass is 475 g/mol. The lowest BCUT2D eigenvalue weighted by molar-refractivity contribution is 0.0651. The van der Waals surface area contributed by atoms with Gasteiger partial charge in [-0.25, -0.2) is 13.8 Å². The fourth-order valence-corrected chi connectivity index (χ4v) is 4.27. The number of aromatic nitrogens is 2. The van der Waals surface area contributed by atoms with Gasteiger partial charge < -0.3 is 4.90 Å². The van der Waals surface area contributed by atoms with Crippen LogP contribution in [0.5, 0.6) is 0 Å². The van der Waals surface area contributed by atoms with E-state index in [-0.39, 0.29) is 11.1 Å². The van der Waals surface area contributed by atoms with Crippen molar-refractivity contribution in [3.63, 3.8) is 0 Å². The van der Waals surface area contributed by atoms with Gasteiger partial charge in [-0.15, -0.1) is 0 Å². The number of nitrogens with zero attached hydrogens (tertiary/aromatic N) is 3. The normalized spacial score (nSPS) is 12.0. The highest BCUT2D eigenvalue weighted by Crippen LogP contribution is 2.28. The number of rotatable bonds is 8. The summed E-state index contributed by atoms with van der Waals surface area (Å²) in [5, 5.41) is 0.413. The zero-order chi connectivity index (χ0) is 24.9. The topological polar surface area (TPSA) is 55.2 Å². The summed E-state index contributed by atoms with van der Waals surface area (Å²) < 4.78 is 29.7. The van der Waals surface area contributed by atoms with Crippen molar-refractivity contribution >= 4 is 16.8 Å². The molecule has 0 aliphatic heterocycles. The molecule has 0 aliphatic rings. The highest BCUT2D eigenvalue weighted by molar-refractivity contribution is 5.94. The number of hydrogen-bond acceptors (Lipinski definition) is 3. The molecule has 0 spiro atoms. The average Bonchev–Trinajstić information content (AvgIpc) is 2.87. The first-order chi connectivity index (χ1) is 17.0. The molecular formula is C28H27F2N3O2. The molecule has 0 aliphatic carbocycles. The van der Waals surface area contributed by atoms with Gasteiger partial charge in [-0.2, -0.15) is 0 Å². The molecular weight excluding hydrogens is 448 g/mol. The van der Waals surface area contributed by atoms with Crippen molar-refractivity contribution in [1.29, 1.82) is 0 Å². The minimum absolute atomic E-state index is 0.0291. The molecule has 0 N–H and O–H groups in total. The fourth-order valence-electron chi connectivity index (χ4n) is 4.27. The van der Waals surface area contributed by atoms with Gasteiger partial charge in [0, 0.05) is 6.54 Å². The van der Waals surface area contributed by atoms with Crippen molar-refractivity contribution in [3.05, 3.63) is 106 Å². The minimum atomic E-state index is -0.615. The van der Waals surface area contributed by atoms with E-state index in [0.29, 0.717) is 41.8 Å². The van der Waals surface area contributed by atoms with E-state index in [1.54, 1.807) is 35.2 Å². The Bertz CT molecular complexity index is 1400. The van der Waals surface area contributed by atoms with E-state index in [1.807, 2.05) is 13.8 Å². The van der Waals surface area contributed by atoms with Crippen molar-refractivity contribution in [1.82, 2.24) is 14.5 Å². The molecule has 4 aromatic rings. The van der Waals surface area contributed by atoms with E-state index in [2.05, 4.69) is 0 Å². The highest BCUT2D eigenvalue weighted by atomic mass is 19.1. The summed E-state index contributed by atoms with van der Waals surface area (Å²) >= 11 is 0. The molecule has 1 aromatic heterocycles. The first kappa shape index (κ1) is 24.3. The summed E-state index contributed by atoms with van der Waals surface area (Å²) in [5.41, 5.74) is 0.595. The molecule has 0 fully saturated rings. The van der Waals surface area contributed by atoms with Crippen LogP contribution in [0.1, 0.15) is 55.3 Å². The molecule has 180 valence electrons. The number of benzene rings is 3. The molecule has 1 amide bonds. The third-order valence-corrected chi connectivity index (χ3v) is 6.07. The first-order valence-electron chi connectivity index (χ1n) is 11.8. The summed E-state index contributed by atoms with van der Waals surface area (Å²) in [6.45, 7) is 4.28. The lowest BCUT2D eigenvalue weighted by Gasteiger charge is -2.32. The Morgan fingerprint density at radius 2 is 1.66 bits per heavy atom. The maximum Gasteiger partial charge on any atom is 0.266 e. The summed E-state index contributed by atoms with van der Waals surface area (Å²) in [4.78, 5) is 33.7. The Hall–Kier alpha value is -3.87. The second-order valence-electron chi connectivity index (χ2n) is 8.36. The van der Waals surface area contributed by atoms with E-state index in [0.717, 1.165) is 6.42 Å². The smallest absolute Gasteiger partial charge is 0.266 e. The zero-order valence-corrected chi connectivity index (χ0v) is 19.7. The first-order valence-corrected chi connectivity index (χ1v) is 11.8. The van der Waals surface area contributed by atoms with Gasteiger partial charge in [-0.05, 0) is 61.4 Å². The Morgan fingerprint density at radius 3 is 2.34 bits per heavy atom. The number of hydrogen-bond donors (Lipinski definition) is 0. The van der Waals surface area contributed by atoms with Crippen molar-refractivity contribution in [2.75, 3.05) is 6.54 Å². The van der Waals surface area contributed by atoms with Gasteiger partial charge >= 0.3 is 0 Å². The number of carbonyl (C=O) groups is 1. The van der Waals surface area contributed by atoms with Gasteiger partial charge in [-0.1, -0.05) is 44.5 Å². The standard InChI is InChI=1S/C28H27F2N3O2/c1-3-5-18-32(27(34)21-10-6-8-12-23(21)30)25(4-2)26-31-24-13-9-7-11-22(24)28(35)33(26)20-16-14-19(29)15-17-20/h6-17,25H,3-5,18H2,1-2H3. The van der Waals surface area contributed by atoms with Crippen LogP contribution in [0, 0.1) is 11.6 Å². The molecule has 35 heavy (non-hydrogen) atoms. The summed E-state index contributed by atoms with van der Waals surface area (Å²) in [6, 6.07) is 17.8. The van der Waals surface area contributed by atoms with Crippen LogP contribution < -0.4 is 5.56 Å². The number of halogens is 2. The molecule has 4 rings (SSSR count). The van der Waals surface area contributed by atoms with Crippen LogP contribution in [-0.4, -0.2) is 26.9 Å². The van der Waals surface area contributed by atoms with E-state index >= 15 is 0 Å². The van der Waals surface area contributed by atoms with Crippen LogP contribution in [0.15, 0.2) is 77.6 Å². The van der Waals surface area contributed by atoms with E-state index in [4.69, 9.17) is 4.98 Å². The maximum atomic E-state index is 14.6. The predicted octanol–water partition coefficient (Wildman–Crippen LogP) is 6.06. The van der Waals surface area contributed by atoms with E-state index < -0.39 is 23.6 Å². The van der Waals surface area contributed by atoms with Gasteiger partial charge in [0.15, 0.2) is 0 Å². The van der Waals surface area contributed by atoms with Gasteiger partial charge in [0.05, 0.1) is 28.2 Å². The molecule has 3 aromatic carbocycles. The Balaban J connectivity index is 1.95. The van der Waals surface area contributed by atoms with E-state index in [9.17, 15) is 18.4 Å². The van der Waals surface area contributed by atoms with Crippen LogP contribution in [0.2, 0.25) is 0 Å². The molecule has 0 saturated carbocycles. The molecule has 1 atom stereocenters. The third-order valence-electron chi connectivity index (χ3n) is 6.07. The molecule has 0 bridgehead atoms. The molecule has 0 saturated heterocycles. The van der Waals surface area contributed by atoms with Gasteiger partial charge in [0.1, 0.15) is 17.5 Å². The fraction of sp³-hybridized carbons (Fsp3) is 0.250. The second-order valence-corrected chi connectivity index (χ2v) is 8.36. The summed E-state index contributed by atoms with van der Waals surface area (Å²) in [5.74, 6) is -1.14. The molecule has 1 unspecified atom stereocenters. The van der Waals surface area contributed by atoms with Gasteiger partial charge in [0.2, 0.25) is 0 Å². The van der Waals surface area contributed by atoms with Crippen molar-refractivity contribution < 1.29 is 13.6 Å². The average molecular weight is 476 g/mol. The van der Waals surface area contributed by atoms with Crippen LogP contribution >= 0.6 is 0 Å². The SMILES string of the molecule is CCCCN(C(=O)c1ccccc1F)C(CC)c1nc2ccccc2c(=O)n1-c1ccc(F)cc1. The zero-order valence-electron chi connectivity index (χ0n) is 19.7. The van der Waals surface area contributed by atoms with Crippen molar-refractivity contribution in [3.8, 4) is 5.69 Å². The highest BCUT2D eigenvalue weighted by Gasteiger charge is 2.30. The quantitative estimate of drug-likeness (QED) is 0.311. The van der Waals surface area contributed by atoms with Crippen LogP contribution in [0.3, 0.4) is 0 Å². The Morgan fingerprint density at radius 1 is 0.971 bits per heavy atom. The molecule has 0 radical (unpaired) electrons. The third kappa shape index (κ3) is 4.85. The molecule has 5 nitrogen and oxygen atoms in total. The predicted molar refractivity (Wildman–Crippen MR) is 133 cm³/mol. The minimum Gasteiger partial charge on any atom is -0.328 e. The number of amides is 1. The van der Waals surface area contributed by atoms with Crippen LogP contribution in [-0.2, 0) is 0 Å². The maximum absolute atomic E-state index is 14.6. The second kappa shape index (κ2) is 10.6.